The monoisotopic (exact) mass is 790 g/mol. The van der Waals surface area contributed by atoms with Crippen molar-refractivity contribution in [2.45, 2.75) is 107 Å². The van der Waals surface area contributed by atoms with Gasteiger partial charge in [0.25, 0.3) is 0 Å². The Balaban J connectivity index is 1.07. The Morgan fingerprint density at radius 1 is 0.895 bits per heavy atom. The van der Waals surface area contributed by atoms with Crippen molar-refractivity contribution in [1.29, 1.82) is 0 Å². The summed E-state index contributed by atoms with van der Waals surface area (Å²) in [7, 11) is 0. The molecule has 2 aliphatic heterocycles. The van der Waals surface area contributed by atoms with Crippen LogP contribution in [0, 0.1) is 5.92 Å². The van der Waals surface area contributed by atoms with Crippen molar-refractivity contribution in [2.24, 2.45) is 5.92 Å². The van der Waals surface area contributed by atoms with Crippen LogP contribution in [0.25, 0.3) is 21.6 Å². The van der Waals surface area contributed by atoms with Gasteiger partial charge >= 0.3 is 6.09 Å². The second-order valence-corrected chi connectivity index (χ2v) is 16.6. The molecule has 4 heterocycles. The molecule has 4 aliphatic rings. The van der Waals surface area contributed by atoms with Crippen molar-refractivity contribution in [2.75, 3.05) is 13.1 Å². The molecule has 0 spiro atoms. The number of benzene rings is 2. The molecule has 4 aromatic rings. The number of fused-ring (bicyclic) bond motifs is 3. The summed E-state index contributed by atoms with van der Waals surface area (Å²) in [4.78, 5) is 68.7. The number of alkyl carbamates (subject to hydrolysis) is 1. The third kappa shape index (κ3) is 8.98. The minimum Gasteiger partial charge on any atom is -0.471 e. The van der Waals surface area contributed by atoms with E-state index in [0.29, 0.717) is 49.3 Å². The highest BCUT2D eigenvalue weighted by molar-refractivity contribution is 7.13. The van der Waals surface area contributed by atoms with E-state index in [1.165, 1.54) is 16.2 Å². The van der Waals surface area contributed by atoms with Crippen LogP contribution in [0.15, 0.2) is 84.3 Å². The number of hydrogen-bond acceptors (Lipinski definition) is 9. The molecule has 298 valence electrons. The Morgan fingerprint density at radius 2 is 1.67 bits per heavy atom. The first kappa shape index (κ1) is 38.6. The summed E-state index contributed by atoms with van der Waals surface area (Å²) < 4.78 is 12.4. The Hall–Kier alpha value is -5.30. The van der Waals surface area contributed by atoms with Gasteiger partial charge in [0.2, 0.25) is 23.6 Å². The Labute approximate surface area is 336 Å². The van der Waals surface area contributed by atoms with Crippen LogP contribution < -0.4 is 20.7 Å². The molecule has 13 heteroatoms. The summed E-state index contributed by atoms with van der Waals surface area (Å²) in [5, 5.41) is 11.1. The Kier molecular flexibility index (Phi) is 11.8. The van der Waals surface area contributed by atoms with Crippen LogP contribution in [0.3, 0.4) is 0 Å². The molecule has 1 saturated heterocycles. The maximum absolute atomic E-state index is 14.7. The zero-order valence-electron chi connectivity index (χ0n) is 32.1. The number of para-hydroxylation sites is 2. The first-order chi connectivity index (χ1) is 27.9. The van der Waals surface area contributed by atoms with Crippen LogP contribution >= 0.6 is 11.3 Å². The third-order valence-electron chi connectivity index (χ3n) is 11.6. The quantitative estimate of drug-likeness (QED) is 0.163. The lowest BCUT2D eigenvalue weighted by molar-refractivity contribution is -0.141. The van der Waals surface area contributed by atoms with Gasteiger partial charge in [-0.25, -0.2) is 14.8 Å². The van der Waals surface area contributed by atoms with Crippen molar-refractivity contribution in [1.82, 2.24) is 30.8 Å². The molecule has 2 saturated carbocycles. The number of ether oxygens (including phenoxy) is 2. The lowest BCUT2D eigenvalue weighted by atomic mass is 10.0. The van der Waals surface area contributed by atoms with Gasteiger partial charge in [0.1, 0.15) is 35.5 Å². The number of nitrogens with zero attached hydrogens (tertiary/aromatic N) is 3. The van der Waals surface area contributed by atoms with E-state index in [1.54, 1.807) is 0 Å². The molecule has 2 aromatic carbocycles. The molecule has 8 rings (SSSR count). The molecule has 0 radical (unpaired) electrons. The highest BCUT2D eigenvalue weighted by atomic mass is 32.1. The van der Waals surface area contributed by atoms with Gasteiger partial charge in [-0.15, -0.1) is 11.3 Å². The van der Waals surface area contributed by atoms with Gasteiger partial charge in [0.15, 0.2) is 0 Å². The summed E-state index contributed by atoms with van der Waals surface area (Å²) in [6.07, 6.45) is 11.3. The minimum absolute atomic E-state index is 0.0742. The van der Waals surface area contributed by atoms with Gasteiger partial charge in [-0.05, 0) is 86.9 Å². The van der Waals surface area contributed by atoms with Gasteiger partial charge < -0.3 is 30.3 Å². The van der Waals surface area contributed by atoms with Gasteiger partial charge in [0.05, 0.1) is 22.5 Å². The van der Waals surface area contributed by atoms with E-state index in [4.69, 9.17) is 19.4 Å². The lowest BCUT2D eigenvalue weighted by Gasteiger charge is -2.30. The Morgan fingerprint density at radius 3 is 2.46 bits per heavy atom. The molecule has 4 amide bonds. The van der Waals surface area contributed by atoms with E-state index in [-0.39, 0.29) is 36.8 Å². The van der Waals surface area contributed by atoms with Crippen LogP contribution in [0.4, 0.5) is 4.79 Å². The number of rotatable bonds is 9. The second kappa shape index (κ2) is 17.5. The second-order valence-electron chi connectivity index (χ2n) is 15.7. The highest BCUT2D eigenvalue weighted by Gasteiger charge is 2.61. The molecule has 5 atom stereocenters. The van der Waals surface area contributed by atoms with Crippen molar-refractivity contribution in [3.8, 4) is 16.5 Å². The van der Waals surface area contributed by atoms with Gasteiger partial charge in [-0.3, -0.25) is 14.4 Å². The number of hydrogen-bond donors (Lipinski definition) is 3. The van der Waals surface area contributed by atoms with Crippen LogP contribution in [0.2, 0.25) is 0 Å². The summed E-state index contributed by atoms with van der Waals surface area (Å²) in [6.45, 7) is 0.495. The Bertz CT molecular complexity index is 2090. The van der Waals surface area contributed by atoms with Gasteiger partial charge in [0, 0.05) is 18.9 Å². The summed E-state index contributed by atoms with van der Waals surface area (Å²) in [5.74, 6) is -0.922. The largest absolute Gasteiger partial charge is 0.471 e. The van der Waals surface area contributed by atoms with E-state index < -0.39 is 35.7 Å². The van der Waals surface area contributed by atoms with Gasteiger partial charge in [-0.1, -0.05) is 73.5 Å². The number of nitrogens with one attached hydrogen (secondary N) is 3. The number of carbonyl (C=O) groups is 4. The average molecular weight is 791 g/mol. The summed E-state index contributed by atoms with van der Waals surface area (Å²) >= 11 is 1.52. The van der Waals surface area contributed by atoms with Crippen LogP contribution in [0.5, 0.6) is 5.88 Å². The molecular formula is C44H50N6O6S. The SMILES string of the molecule is O=C(N[C@H]1CCCCC/C=C\[C@H]2C[C@@]2(C(=O)NCCc2ccccc2)NC(=O)[C@@H]2C[C@@H](Oc3nc4ccccc4nc3-c3cccs3)CN2C1=O)OC1CCCC1. The van der Waals surface area contributed by atoms with Crippen LogP contribution in [-0.4, -0.2) is 81.6 Å². The molecule has 57 heavy (non-hydrogen) atoms. The van der Waals surface area contributed by atoms with Gasteiger partial charge in [-0.2, -0.15) is 0 Å². The van der Waals surface area contributed by atoms with Crippen LogP contribution in [0.1, 0.15) is 76.2 Å². The fraction of sp³-hybridized carbons (Fsp3) is 0.455. The molecular weight excluding hydrogens is 741 g/mol. The number of aromatic nitrogens is 2. The fourth-order valence-electron chi connectivity index (χ4n) is 8.42. The number of carbonyl (C=O) groups excluding carboxylic acids is 4. The number of amides is 4. The predicted molar refractivity (Wildman–Crippen MR) is 217 cm³/mol. The average Bonchev–Trinajstić information content (AvgIpc) is 3.72. The first-order valence-corrected chi connectivity index (χ1v) is 21.3. The van der Waals surface area contributed by atoms with Crippen molar-refractivity contribution < 1.29 is 28.7 Å². The van der Waals surface area contributed by atoms with Crippen molar-refractivity contribution in [3.05, 3.63) is 89.8 Å². The van der Waals surface area contributed by atoms with E-state index in [1.807, 2.05) is 78.2 Å². The summed E-state index contributed by atoms with van der Waals surface area (Å²) in [5.41, 5.74) is 1.93. The van der Waals surface area contributed by atoms with E-state index in [0.717, 1.165) is 60.9 Å². The zero-order valence-corrected chi connectivity index (χ0v) is 32.9. The zero-order chi connectivity index (χ0) is 39.2. The standard InChI is InChI=1S/C44H50N6O6S/c51-39-36-26-32(55-40-38(37-22-13-25-57-37)46-33-19-11-12-20-34(33)47-40)28-50(36)41(52)35(48-43(54)56-31-17-9-10-18-31)21-8-3-1-2-7-16-30-27-44(30,49-39)42(53)45-24-23-29-14-5-4-6-15-29/h4-7,11-16,19-20,22,25,30-32,35-36H,1-3,8-10,17-18,21,23-24,26-28H2,(H,45,53)(H,48,54)(H,49,51)/b16-7-/t30-,32+,35-,36-,44+/m0/s1. The smallest absolute Gasteiger partial charge is 0.408 e. The maximum Gasteiger partial charge on any atom is 0.408 e. The molecule has 3 N–H and O–H groups in total. The molecule has 0 unspecified atom stereocenters. The number of thiophene rings is 1. The van der Waals surface area contributed by atoms with E-state index >= 15 is 0 Å². The van der Waals surface area contributed by atoms with Crippen molar-refractivity contribution in [3.63, 3.8) is 0 Å². The normalized spacial score (nSPS) is 26.0. The maximum atomic E-state index is 14.7. The minimum atomic E-state index is -1.14. The number of allylic oxidation sites excluding steroid dienone is 1. The molecule has 0 bridgehead atoms. The lowest BCUT2D eigenvalue weighted by Crippen LogP contribution is -2.58. The van der Waals surface area contributed by atoms with E-state index in [2.05, 4.69) is 22.0 Å². The van der Waals surface area contributed by atoms with Crippen LogP contribution in [-0.2, 0) is 25.5 Å². The van der Waals surface area contributed by atoms with E-state index in [9.17, 15) is 19.2 Å². The van der Waals surface area contributed by atoms with Crippen molar-refractivity contribution >= 4 is 46.2 Å². The molecule has 2 aromatic heterocycles. The molecule has 3 fully saturated rings. The highest BCUT2D eigenvalue weighted by Crippen LogP contribution is 2.45. The first-order valence-electron chi connectivity index (χ1n) is 20.4. The third-order valence-corrected chi connectivity index (χ3v) is 12.5. The fourth-order valence-corrected chi connectivity index (χ4v) is 9.13. The molecule has 2 aliphatic carbocycles. The molecule has 12 nitrogen and oxygen atoms in total. The topological polar surface area (TPSA) is 152 Å². The predicted octanol–water partition coefficient (Wildman–Crippen LogP) is 6.50. The summed E-state index contributed by atoms with van der Waals surface area (Å²) in [6, 6.07) is 19.5.